The summed E-state index contributed by atoms with van der Waals surface area (Å²) in [7, 11) is 0. The van der Waals surface area contributed by atoms with Gasteiger partial charge in [0.2, 0.25) is 0 Å². The molecule has 1 atom stereocenters. The van der Waals surface area contributed by atoms with Gasteiger partial charge in [0.15, 0.2) is 0 Å². The maximum Gasteiger partial charge on any atom is 0.326 e. The predicted molar refractivity (Wildman–Crippen MR) is 43.5 cm³/mol. The molecule has 13 heavy (non-hydrogen) atoms. The first kappa shape index (κ1) is 7.97. The van der Waals surface area contributed by atoms with Crippen molar-refractivity contribution in [3.63, 3.8) is 0 Å². The SMILES string of the molecule is O=C(O)C1CCc2nccc(=O)n21. The second-order valence-corrected chi connectivity index (χ2v) is 2.96. The van der Waals surface area contributed by atoms with Crippen LogP contribution in [-0.4, -0.2) is 20.6 Å². The van der Waals surface area contributed by atoms with Crippen LogP contribution in [0.1, 0.15) is 18.3 Å². The first-order valence-electron chi connectivity index (χ1n) is 3.99. The summed E-state index contributed by atoms with van der Waals surface area (Å²) < 4.78 is 1.25. The molecule has 68 valence electrons. The molecule has 2 rings (SSSR count). The maximum absolute atomic E-state index is 11.3. The van der Waals surface area contributed by atoms with Gasteiger partial charge >= 0.3 is 5.97 Å². The van der Waals surface area contributed by atoms with Gasteiger partial charge in [0.1, 0.15) is 11.9 Å². The van der Waals surface area contributed by atoms with E-state index in [0.717, 1.165) is 0 Å². The number of fused-ring (bicyclic) bond motifs is 1. The van der Waals surface area contributed by atoms with Crippen molar-refractivity contribution >= 4 is 5.97 Å². The first-order valence-corrected chi connectivity index (χ1v) is 3.99. The Morgan fingerprint density at radius 1 is 1.69 bits per heavy atom. The summed E-state index contributed by atoms with van der Waals surface area (Å²) >= 11 is 0. The predicted octanol–water partition coefficient (Wildman–Crippen LogP) is -0.185. The lowest BCUT2D eigenvalue weighted by atomic mass is 10.2. The number of hydrogen-bond donors (Lipinski definition) is 1. The lowest BCUT2D eigenvalue weighted by molar-refractivity contribution is -0.140. The molecular weight excluding hydrogens is 172 g/mol. The van der Waals surface area contributed by atoms with Crippen molar-refractivity contribution in [2.45, 2.75) is 18.9 Å². The zero-order valence-electron chi connectivity index (χ0n) is 6.80. The fraction of sp³-hybridized carbons (Fsp3) is 0.375. The number of rotatable bonds is 1. The Morgan fingerprint density at radius 2 is 2.46 bits per heavy atom. The molecule has 0 saturated heterocycles. The van der Waals surface area contributed by atoms with Gasteiger partial charge in [0.05, 0.1) is 0 Å². The van der Waals surface area contributed by atoms with E-state index in [4.69, 9.17) is 5.11 Å². The van der Waals surface area contributed by atoms with Crippen molar-refractivity contribution in [3.8, 4) is 0 Å². The summed E-state index contributed by atoms with van der Waals surface area (Å²) in [4.78, 5) is 26.0. The molecule has 0 fully saturated rings. The number of aliphatic carboxylic acids is 1. The zero-order valence-corrected chi connectivity index (χ0v) is 6.80. The molecule has 0 aromatic carbocycles. The molecule has 1 aliphatic rings. The third-order valence-corrected chi connectivity index (χ3v) is 2.19. The van der Waals surface area contributed by atoms with Crippen LogP contribution in [0.4, 0.5) is 0 Å². The Hall–Kier alpha value is -1.65. The van der Waals surface area contributed by atoms with Crippen molar-refractivity contribution in [3.05, 3.63) is 28.4 Å². The maximum atomic E-state index is 11.3. The highest BCUT2D eigenvalue weighted by Gasteiger charge is 2.29. The van der Waals surface area contributed by atoms with Crippen molar-refractivity contribution in [1.29, 1.82) is 0 Å². The molecule has 0 bridgehead atoms. The minimum atomic E-state index is -0.964. The van der Waals surface area contributed by atoms with E-state index in [1.807, 2.05) is 0 Å². The summed E-state index contributed by atoms with van der Waals surface area (Å²) in [5, 5.41) is 8.80. The van der Waals surface area contributed by atoms with E-state index in [0.29, 0.717) is 18.7 Å². The van der Waals surface area contributed by atoms with Crippen LogP contribution < -0.4 is 5.56 Å². The minimum absolute atomic E-state index is 0.282. The van der Waals surface area contributed by atoms with Gasteiger partial charge in [0.25, 0.3) is 5.56 Å². The van der Waals surface area contributed by atoms with Gasteiger partial charge in [-0.1, -0.05) is 0 Å². The average molecular weight is 180 g/mol. The van der Waals surface area contributed by atoms with Gasteiger partial charge in [0, 0.05) is 18.7 Å². The topological polar surface area (TPSA) is 72.2 Å². The minimum Gasteiger partial charge on any atom is -0.480 e. The lowest BCUT2D eigenvalue weighted by Crippen LogP contribution is -2.27. The van der Waals surface area contributed by atoms with Crippen LogP contribution in [0.3, 0.4) is 0 Å². The number of carboxylic acids is 1. The molecule has 0 spiro atoms. The number of hydrogen-bond acceptors (Lipinski definition) is 3. The van der Waals surface area contributed by atoms with E-state index in [-0.39, 0.29) is 5.56 Å². The van der Waals surface area contributed by atoms with Crippen LogP contribution in [0, 0.1) is 0 Å². The third kappa shape index (κ3) is 1.12. The lowest BCUT2D eigenvalue weighted by Gasteiger charge is -2.07. The monoisotopic (exact) mass is 180 g/mol. The molecule has 1 aromatic heterocycles. The van der Waals surface area contributed by atoms with E-state index in [2.05, 4.69) is 4.98 Å². The molecular formula is C8H8N2O3. The highest BCUT2D eigenvalue weighted by molar-refractivity contribution is 5.72. The number of nitrogens with zero attached hydrogens (tertiary/aromatic N) is 2. The molecule has 1 unspecified atom stereocenters. The number of aromatic nitrogens is 2. The van der Waals surface area contributed by atoms with Crippen LogP contribution in [0.5, 0.6) is 0 Å². The normalized spacial score (nSPS) is 19.8. The van der Waals surface area contributed by atoms with Gasteiger partial charge in [-0.05, 0) is 6.42 Å². The molecule has 0 saturated carbocycles. The van der Waals surface area contributed by atoms with Gasteiger partial charge < -0.3 is 5.11 Å². The van der Waals surface area contributed by atoms with Crippen molar-refractivity contribution in [1.82, 2.24) is 9.55 Å². The fourth-order valence-corrected chi connectivity index (χ4v) is 1.60. The molecule has 2 heterocycles. The molecule has 0 amide bonds. The van der Waals surface area contributed by atoms with Crippen LogP contribution in [-0.2, 0) is 11.2 Å². The van der Waals surface area contributed by atoms with Gasteiger partial charge in [-0.25, -0.2) is 9.78 Å². The second kappa shape index (κ2) is 2.69. The number of carbonyl (C=O) groups is 1. The summed E-state index contributed by atoms with van der Waals surface area (Å²) in [6.45, 7) is 0. The van der Waals surface area contributed by atoms with Crippen molar-refractivity contribution < 1.29 is 9.90 Å². The zero-order chi connectivity index (χ0) is 9.42. The van der Waals surface area contributed by atoms with Crippen LogP contribution in [0.25, 0.3) is 0 Å². The van der Waals surface area contributed by atoms with E-state index < -0.39 is 12.0 Å². The second-order valence-electron chi connectivity index (χ2n) is 2.96. The highest BCUT2D eigenvalue weighted by atomic mass is 16.4. The molecule has 5 heteroatoms. The Labute approximate surface area is 73.7 Å². The molecule has 0 radical (unpaired) electrons. The Kier molecular flexibility index (Phi) is 1.65. The molecule has 1 aromatic rings. The number of carboxylic acid groups (broad SMARTS) is 1. The molecule has 1 N–H and O–H groups in total. The summed E-state index contributed by atoms with van der Waals surface area (Å²) in [5.41, 5.74) is -0.282. The Morgan fingerprint density at radius 3 is 3.15 bits per heavy atom. The van der Waals surface area contributed by atoms with Gasteiger partial charge in [-0.2, -0.15) is 0 Å². The Balaban J connectivity index is 2.58. The van der Waals surface area contributed by atoms with E-state index in [1.54, 1.807) is 0 Å². The third-order valence-electron chi connectivity index (χ3n) is 2.19. The van der Waals surface area contributed by atoms with E-state index >= 15 is 0 Å². The summed E-state index contributed by atoms with van der Waals surface area (Å²) in [5.74, 6) is -0.395. The molecule has 0 aliphatic carbocycles. The van der Waals surface area contributed by atoms with Crippen LogP contribution in [0.2, 0.25) is 0 Å². The molecule has 5 nitrogen and oxygen atoms in total. The van der Waals surface area contributed by atoms with E-state index in [9.17, 15) is 9.59 Å². The smallest absolute Gasteiger partial charge is 0.326 e. The quantitative estimate of drug-likeness (QED) is 0.650. The van der Waals surface area contributed by atoms with Crippen LogP contribution in [0.15, 0.2) is 17.1 Å². The summed E-state index contributed by atoms with van der Waals surface area (Å²) in [6, 6.07) is 0.557. The first-order chi connectivity index (χ1) is 6.20. The number of aryl methyl sites for hydroxylation is 1. The molecule has 1 aliphatic heterocycles. The van der Waals surface area contributed by atoms with Crippen molar-refractivity contribution in [2.24, 2.45) is 0 Å². The standard InChI is InChI=1S/C8H8N2O3/c11-7-3-4-9-6-2-1-5(8(12)13)10(6)7/h3-5H,1-2H2,(H,12,13). The van der Waals surface area contributed by atoms with Crippen LogP contribution >= 0.6 is 0 Å². The van der Waals surface area contributed by atoms with Gasteiger partial charge in [-0.15, -0.1) is 0 Å². The highest BCUT2D eigenvalue weighted by Crippen LogP contribution is 2.21. The largest absolute Gasteiger partial charge is 0.480 e. The fourth-order valence-electron chi connectivity index (χ4n) is 1.60. The van der Waals surface area contributed by atoms with Gasteiger partial charge in [-0.3, -0.25) is 9.36 Å². The average Bonchev–Trinajstić information content (AvgIpc) is 2.49. The van der Waals surface area contributed by atoms with E-state index in [1.165, 1.54) is 16.8 Å². The van der Waals surface area contributed by atoms with Crippen molar-refractivity contribution in [2.75, 3.05) is 0 Å². The summed E-state index contributed by atoms with van der Waals surface area (Å²) in [6.07, 6.45) is 2.44. The Bertz CT molecular complexity index is 410.